The molecule has 1 saturated carbocycles. The van der Waals surface area contributed by atoms with Crippen molar-refractivity contribution in [1.29, 1.82) is 5.26 Å². The molecule has 5 rings (SSSR count). The number of hydrogen-bond donors (Lipinski definition) is 2. The Morgan fingerprint density at radius 1 is 1.09 bits per heavy atom. The Morgan fingerprint density at radius 2 is 1.76 bits per heavy atom. The maximum absolute atomic E-state index is 13.5. The van der Waals surface area contributed by atoms with Crippen LogP contribution in [-0.2, 0) is 16.0 Å². The lowest BCUT2D eigenvalue weighted by Gasteiger charge is -2.40. The molecule has 3 aromatic rings. The number of halogens is 1. The number of nitrogens with zero attached hydrogens (tertiary/aromatic N) is 2. The largest absolute Gasteiger partial charge is 0.478 e. The molecule has 0 aromatic heterocycles. The second kappa shape index (κ2) is 7.85. The molecule has 3 aromatic carbocycles. The van der Waals surface area contributed by atoms with Crippen molar-refractivity contribution in [2.24, 2.45) is 5.92 Å². The average Bonchev–Trinajstić information content (AvgIpc) is 3.21. The molecule has 6 nitrogen and oxygen atoms in total. The molecule has 5 atom stereocenters. The van der Waals surface area contributed by atoms with Gasteiger partial charge in [0.25, 0.3) is 0 Å². The van der Waals surface area contributed by atoms with Gasteiger partial charge in [0, 0.05) is 30.6 Å². The van der Waals surface area contributed by atoms with E-state index in [9.17, 15) is 20.3 Å². The maximum Gasteiger partial charge on any atom is 0.228 e. The minimum atomic E-state index is -1.96. The van der Waals surface area contributed by atoms with Gasteiger partial charge in [0.2, 0.25) is 5.91 Å². The number of nitriles is 1. The molecule has 2 N–H and O–H groups in total. The maximum atomic E-state index is 13.5. The number of hydrogen-bond acceptors (Lipinski definition) is 5. The van der Waals surface area contributed by atoms with Crippen molar-refractivity contribution in [3.05, 3.63) is 100 Å². The third-order valence-corrected chi connectivity index (χ3v) is 7.32. The van der Waals surface area contributed by atoms with Crippen molar-refractivity contribution < 1.29 is 19.7 Å². The first-order chi connectivity index (χ1) is 16.3. The van der Waals surface area contributed by atoms with Gasteiger partial charge >= 0.3 is 0 Å². The summed E-state index contributed by atoms with van der Waals surface area (Å²) in [7, 11) is 3.25. The Labute approximate surface area is 202 Å². The Hall–Kier alpha value is -3.37. The molecule has 172 valence electrons. The lowest BCUT2D eigenvalue weighted by atomic mass is 9.70. The molecular formula is C27H23ClN2O4. The Balaban J connectivity index is 1.86. The van der Waals surface area contributed by atoms with Crippen molar-refractivity contribution in [2.45, 2.75) is 23.2 Å². The van der Waals surface area contributed by atoms with E-state index in [1.807, 2.05) is 30.3 Å². The van der Waals surface area contributed by atoms with E-state index in [1.165, 1.54) is 4.90 Å². The predicted octanol–water partition coefficient (Wildman–Crippen LogP) is 3.55. The lowest BCUT2D eigenvalue weighted by molar-refractivity contribution is -0.155. The summed E-state index contributed by atoms with van der Waals surface area (Å²) in [5.41, 5.74) is -1.42. The van der Waals surface area contributed by atoms with Gasteiger partial charge in [0.1, 0.15) is 11.9 Å². The number of carbonyl (C=O) groups is 1. The van der Waals surface area contributed by atoms with Crippen LogP contribution in [0, 0.1) is 17.2 Å². The van der Waals surface area contributed by atoms with E-state index in [0.717, 1.165) is 5.56 Å². The summed E-state index contributed by atoms with van der Waals surface area (Å²) in [4.78, 5) is 14.9. The van der Waals surface area contributed by atoms with Crippen LogP contribution in [0.3, 0.4) is 0 Å². The molecule has 0 unspecified atom stereocenters. The van der Waals surface area contributed by atoms with E-state index in [0.29, 0.717) is 27.5 Å². The first kappa shape index (κ1) is 22.4. The third kappa shape index (κ3) is 2.85. The van der Waals surface area contributed by atoms with Crippen molar-refractivity contribution in [3.8, 4) is 11.8 Å². The number of ether oxygens (including phenoxy) is 1. The van der Waals surface area contributed by atoms with Gasteiger partial charge in [-0.15, -0.1) is 0 Å². The molecule has 0 spiro atoms. The van der Waals surface area contributed by atoms with Crippen LogP contribution >= 0.6 is 11.6 Å². The Bertz CT molecular complexity index is 1300. The van der Waals surface area contributed by atoms with Crippen molar-refractivity contribution >= 4 is 17.5 Å². The normalized spacial score (nSPS) is 29.0. The fourth-order valence-corrected chi connectivity index (χ4v) is 5.81. The van der Waals surface area contributed by atoms with Crippen LogP contribution in [0.4, 0.5) is 0 Å². The van der Waals surface area contributed by atoms with Crippen LogP contribution < -0.4 is 4.74 Å². The average molecular weight is 475 g/mol. The first-order valence-electron chi connectivity index (χ1n) is 10.9. The van der Waals surface area contributed by atoms with Crippen LogP contribution in [0.5, 0.6) is 5.75 Å². The van der Waals surface area contributed by atoms with Crippen LogP contribution in [0.25, 0.3) is 0 Å². The molecule has 34 heavy (non-hydrogen) atoms. The SMILES string of the molecule is CN(C)C(=O)[C@H]1[C@@H](O)[C@@]2(O)c3ccc(Cl)cc3O[C@@]2(c2ccc(C#N)cc2)[C@@H]1c1ccccc1. The Kier molecular flexibility index (Phi) is 5.18. The zero-order valence-electron chi connectivity index (χ0n) is 18.6. The van der Waals surface area contributed by atoms with Gasteiger partial charge in [-0.05, 0) is 35.4 Å². The highest BCUT2D eigenvalue weighted by Crippen LogP contribution is 2.68. The van der Waals surface area contributed by atoms with E-state index >= 15 is 0 Å². The quantitative estimate of drug-likeness (QED) is 0.605. The number of amides is 1. The highest BCUT2D eigenvalue weighted by Gasteiger charge is 2.77. The van der Waals surface area contributed by atoms with Crippen molar-refractivity contribution in [1.82, 2.24) is 4.90 Å². The predicted molar refractivity (Wildman–Crippen MR) is 126 cm³/mol. The minimum absolute atomic E-state index is 0.323. The van der Waals surface area contributed by atoms with Gasteiger partial charge in [-0.1, -0.05) is 60.1 Å². The smallest absolute Gasteiger partial charge is 0.228 e. The van der Waals surface area contributed by atoms with Gasteiger partial charge in [-0.25, -0.2) is 0 Å². The van der Waals surface area contributed by atoms with Crippen molar-refractivity contribution in [3.63, 3.8) is 0 Å². The molecule has 0 saturated heterocycles. The van der Waals surface area contributed by atoms with Crippen LogP contribution in [0.1, 0.15) is 28.2 Å². The Morgan fingerprint density at radius 3 is 2.38 bits per heavy atom. The van der Waals surface area contributed by atoms with Crippen LogP contribution in [0.15, 0.2) is 72.8 Å². The fourth-order valence-electron chi connectivity index (χ4n) is 5.65. The number of benzene rings is 3. The monoisotopic (exact) mass is 474 g/mol. The van der Waals surface area contributed by atoms with E-state index in [1.54, 1.807) is 56.6 Å². The lowest BCUT2D eigenvalue weighted by Crippen LogP contribution is -2.52. The molecule has 1 fully saturated rings. The van der Waals surface area contributed by atoms with Crippen molar-refractivity contribution in [2.75, 3.05) is 14.1 Å². The number of fused-ring (bicyclic) bond motifs is 3. The zero-order valence-corrected chi connectivity index (χ0v) is 19.4. The van der Waals surface area contributed by atoms with Gasteiger partial charge in [-0.3, -0.25) is 4.79 Å². The number of rotatable bonds is 3. The summed E-state index contributed by atoms with van der Waals surface area (Å²) < 4.78 is 6.61. The van der Waals surface area contributed by atoms with E-state index in [4.69, 9.17) is 16.3 Å². The number of carbonyl (C=O) groups excluding carboxylic acids is 1. The third-order valence-electron chi connectivity index (χ3n) is 7.08. The second-order valence-corrected chi connectivity index (χ2v) is 9.46. The summed E-state index contributed by atoms with van der Waals surface area (Å²) >= 11 is 6.25. The summed E-state index contributed by atoms with van der Waals surface area (Å²) in [5, 5.41) is 33.9. The zero-order chi connectivity index (χ0) is 24.3. The molecule has 1 amide bonds. The number of aliphatic hydroxyl groups excluding tert-OH is 1. The molecule has 0 radical (unpaired) electrons. The minimum Gasteiger partial charge on any atom is -0.478 e. The van der Waals surface area contributed by atoms with Crippen LogP contribution in [0.2, 0.25) is 5.02 Å². The van der Waals surface area contributed by atoms with E-state index < -0.39 is 29.1 Å². The van der Waals surface area contributed by atoms with E-state index in [2.05, 4.69) is 6.07 Å². The van der Waals surface area contributed by atoms with E-state index in [-0.39, 0.29) is 5.91 Å². The molecule has 1 aliphatic heterocycles. The standard InChI is InChI=1S/C27H23ClN2O4/c1-30(2)25(32)22-23(17-6-4-3-5-7-17)27(18-10-8-16(15-29)9-11-18)26(33,24(22)31)20-13-12-19(28)14-21(20)34-27/h3-14,22-24,31,33H,1-2H3/t22-,23-,24-,26+,27+/m1/s1. The highest BCUT2D eigenvalue weighted by atomic mass is 35.5. The number of aliphatic hydroxyl groups is 2. The second-order valence-electron chi connectivity index (χ2n) is 9.03. The topological polar surface area (TPSA) is 93.8 Å². The van der Waals surface area contributed by atoms with Crippen LogP contribution in [-0.4, -0.2) is 41.2 Å². The first-order valence-corrected chi connectivity index (χ1v) is 11.3. The van der Waals surface area contributed by atoms with Gasteiger partial charge in [0.05, 0.1) is 17.6 Å². The molecule has 7 heteroatoms. The van der Waals surface area contributed by atoms with Gasteiger partial charge in [-0.2, -0.15) is 5.26 Å². The summed E-state index contributed by atoms with van der Waals surface area (Å²) in [6, 6.07) is 23.0. The molecule has 2 aliphatic rings. The summed E-state index contributed by atoms with van der Waals surface area (Å²) in [6.07, 6.45) is -1.48. The highest BCUT2D eigenvalue weighted by molar-refractivity contribution is 6.30. The van der Waals surface area contributed by atoms with Gasteiger partial charge < -0.3 is 19.8 Å². The molecule has 1 aliphatic carbocycles. The molecule has 1 heterocycles. The molecule has 0 bridgehead atoms. The summed E-state index contributed by atoms with van der Waals surface area (Å²) in [5.74, 6) is -1.73. The fraction of sp³-hybridized carbons (Fsp3) is 0.259. The van der Waals surface area contributed by atoms with Gasteiger partial charge in [0.15, 0.2) is 11.2 Å². The summed E-state index contributed by atoms with van der Waals surface area (Å²) in [6.45, 7) is 0. The molecular weight excluding hydrogens is 452 g/mol.